The highest BCUT2D eigenvalue weighted by Gasteiger charge is 2.12. The molecule has 19 heavy (non-hydrogen) atoms. The summed E-state index contributed by atoms with van der Waals surface area (Å²) < 4.78 is 4.72. The smallest absolute Gasteiger partial charge is 0.411 e. The Hall–Kier alpha value is -2.28. The Balaban J connectivity index is 2.43. The molecule has 1 heterocycles. The van der Waals surface area contributed by atoms with Crippen LogP contribution in [-0.2, 0) is 4.74 Å². The van der Waals surface area contributed by atoms with Crippen molar-refractivity contribution in [2.75, 3.05) is 11.9 Å². The van der Waals surface area contributed by atoms with Gasteiger partial charge in [-0.2, -0.15) is 0 Å². The minimum atomic E-state index is -0.631. The molecule has 1 aromatic carbocycles. The van der Waals surface area contributed by atoms with E-state index in [9.17, 15) is 15.0 Å². The zero-order chi connectivity index (χ0) is 14.0. The molecule has 1 aromatic heterocycles. The largest absolute Gasteiger partial charge is 0.489 e. The van der Waals surface area contributed by atoms with E-state index < -0.39 is 17.9 Å². The number of anilines is 1. The molecule has 0 aliphatic rings. The Kier molecular flexibility index (Phi) is 3.57. The van der Waals surface area contributed by atoms with E-state index >= 15 is 0 Å². The predicted octanol–water partition coefficient (Wildman–Crippen LogP) is 2.26. The van der Waals surface area contributed by atoms with Gasteiger partial charge in [-0.05, 0) is 19.1 Å². The van der Waals surface area contributed by atoms with Crippen molar-refractivity contribution in [1.82, 2.24) is 9.97 Å². The first-order valence-corrected chi connectivity index (χ1v) is 5.72. The lowest BCUT2D eigenvalue weighted by molar-refractivity contribution is 0.168. The van der Waals surface area contributed by atoms with Gasteiger partial charge in [-0.25, -0.2) is 14.8 Å². The van der Waals surface area contributed by atoms with Gasteiger partial charge in [0.15, 0.2) is 0 Å². The molecule has 0 unspecified atom stereocenters. The number of rotatable bonds is 2. The molecule has 0 spiro atoms. The molecule has 2 aromatic rings. The van der Waals surface area contributed by atoms with Crippen LogP contribution < -0.4 is 5.32 Å². The summed E-state index contributed by atoms with van der Waals surface area (Å²) in [5, 5.41) is 21.2. The van der Waals surface area contributed by atoms with Crippen LogP contribution in [0.3, 0.4) is 0 Å². The zero-order valence-corrected chi connectivity index (χ0v) is 10.6. The predicted molar refractivity (Wildman–Crippen MR) is 68.5 cm³/mol. The lowest BCUT2D eigenvalue weighted by Gasteiger charge is -2.07. The Bertz CT molecular complexity index is 647. The fourth-order valence-corrected chi connectivity index (χ4v) is 1.71. The van der Waals surface area contributed by atoms with Crippen LogP contribution in [0.1, 0.15) is 6.92 Å². The van der Waals surface area contributed by atoms with Crippen LogP contribution in [0.5, 0.6) is 11.8 Å². The fourth-order valence-electron chi connectivity index (χ4n) is 1.46. The van der Waals surface area contributed by atoms with Gasteiger partial charge in [0.05, 0.1) is 17.1 Å². The minimum Gasteiger partial charge on any atom is -0.489 e. The van der Waals surface area contributed by atoms with Crippen LogP contribution in [0.15, 0.2) is 12.1 Å². The maximum absolute atomic E-state index is 11.3. The molecule has 7 nitrogen and oxygen atoms in total. The van der Waals surface area contributed by atoms with Gasteiger partial charge in [-0.3, -0.25) is 5.32 Å². The molecule has 0 radical (unpaired) electrons. The van der Waals surface area contributed by atoms with Crippen molar-refractivity contribution < 1.29 is 19.7 Å². The number of amides is 1. The molecule has 8 heteroatoms. The van der Waals surface area contributed by atoms with Gasteiger partial charge in [-0.15, -0.1) is 0 Å². The Morgan fingerprint density at radius 2 is 2.05 bits per heavy atom. The molecular weight excluding hydrogens is 274 g/mol. The second kappa shape index (κ2) is 5.15. The average molecular weight is 284 g/mol. The molecule has 2 rings (SSSR count). The summed E-state index contributed by atoms with van der Waals surface area (Å²) >= 11 is 5.96. The normalized spacial score (nSPS) is 10.4. The summed E-state index contributed by atoms with van der Waals surface area (Å²) in [5.74, 6) is -1.22. The van der Waals surface area contributed by atoms with Crippen molar-refractivity contribution in [1.29, 1.82) is 0 Å². The molecular formula is C11H10ClN3O4. The molecule has 0 bridgehead atoms. The standard InChI is InChI=1S/C11H10ClN3O4/c1-2-19-11(18)13-5-3-6(12)8-7(4-5)14-9(16)10(17)15-8/h3-4H,2H2,1H3,(H,13,18)(H,14,16)(H,15,17). The number of carbonyl (C=O) groups excluding carboxylic acids is 1. The quantitative estimate of drug-likeness (QED) is 0.781. The third-order valence-corrected chi connectivity index (χ3v) is 2.50. The average Bonchev–Trinajstić information content (AvgIpc) is 2.32. The Morgan fingerprint density at radius 1 is 1.37 bits per heavy atom. The number of ether oxygens (including phenoxy) is 1. The monoisotopic (exact) mass is 283 g/mol. The van der Waals surface area contributed by atoms with E-state index in [1.54, 1.807) is 6.92 Å². The van der Waals surface area contributed by atoms with Gasteiger partial charge in [0.25, 0.3) is 11.8 Å². The van der Waals surface area contributed by atoms with Gasteiger partial charge >= 0.3 is 6.09 Å². The molecule has 100 valence electrons. The molecule has 0 aliphatic carbocycles. The number of aromatic nitrogens is 2. The minimum absolute atomic E-state index is 0.173. The van der Waals surface area contributed by atoms with E-state index in [0.29, 0.717) is 5.69 Å². The molecule has 0 saturated heterocycles. The van der Waals surface area contributed by atoms with Gasteiger partial charge in [0.1, 0.15) is 5.52 Å². The topological polar surface area (TPSA) is 105 Å². The molecule has 0 fully saturated rings. The maximum Gasteiger partial charge on any atom is 0.411 e. The van der Waals surface area contributed by atoms with Gasteiger partial charge in [-0.1, -0.05) is 11.6 Å². The second-order valence-corrected chi connectivity index (χ2v) is 3.95. The van der Waals surface area contributed by atoms with Gasteiger partial charge in [0.2, 0.25) is 0 Å². The van der Waals surface area contributed by atoms with E-state index in [0.717, 1.165) is 0 Å². The van der Waals surface area contributed by atoms with Crippen molar-refractivity contribution in [3.63, 3.8) is 0 Å². The van der Waals surface area contributed by atoms with Gasteiger partial charge in [0, 0.05) is 5.69 Å². The number of hydrogen-bond donors (Lipinski definition) is 3. The van der Waals surface area contributed by atoms with Gasteiger partial charge < -0.3 is 14.9 Å². The zero-order valence-electron chi connectivity index (χ0n) is 9.85. The number of aromatic hydroxyl groups is 2. The van der Waals surface area contributed by atoms with Crippen LogP contribution in [0, 0.1) is 0 Å². The number of carbonyl (C=O) groups is 1. The number of halogens is 1. The van der Waals surface area contributed by atoms with Crippen LogP contribution in [0.4, 0.5) is 10.5 Å². The third kappa shape index (κ3) is 2.76. The highest BCUT2D eigenvalue weighted by atomic mass is 35.5. The summed E-state index contributed by atoms with van der Waals surface area (Å²) in [5.41, 5.74) is 0.788. The van der Waals surface area contributed by atoms with E-state index in [1.807, 2.05) is 0 Å². The molecule has 0 atom stereocenters. The Labute approximate surface area is 112 Å². The SMILES string of the molecule is CCOC(=O)Nc1cc(Cl)c2nc(O)c(O)nc2c1. The van der Waals surface area contributed by atoms with E-state index in [1.165, 1.54) is 12.1 Å². The lowest BCUT2D eigenvalue weighted by Crippen LogP contribution is -2.13. The third-order valence-electron chi connectivity index (χ3n) is 2.21. The van der Waals surface area contributed by atoms with Crippen molar-refractivity contribution in [3.8, 4) is 11.8 Å². The first kappa shape index (κ1) is 13.2. The fraction of sp³-hybridized carbons (Fsp3) is 0.182. The summed E-state index contributed by atoms with van der Waals surface area (Å²) in [6.07, 6.45) is -0.631. The number of fused-ring (bicyclic) bond motifs is 1. The summed E-state index contributed by atoms with van der Waals surface area (Å²) in [4.78, 5) is 18.7. The van der Waals surface area contributed by atoms with Crippen molar-refractivity contribution >= 4 is 34.4 Å². The molecule has 0 saturated carbocycles. The number of hydrogen-bond acceptors (Lipinski definition) is 6. The molecule has 0 aliphatic heterocycles. The van der Waals surface area contributed by atoms with Crippen LogP contribution in [0.25, 0.3) is 11.0 Å². The Morgan fingerprint density at radius 3 is 2.74 bits per heavy atom. The first-order valence-electron chi connectivity index (χ1n) is 5.34. The number of nitrogens with zero attached hydrogens (tertiary/aromatic N) is 2. The summed E-state index contributed by atoms with van der Waals surface area (Å²) in [6.45, 7) is 1.92. The highest BCUT2D eigenvalue weighted by molar-refractivity contribution is 6.35. The van der Waals surface area contributed by atoms with Crippen molar-refractivity contribution in [2.45, 2.75) is 6.92 Å². The number of benzene rings is 1. The van der Waals surface area contributed by atoms with Crippen LogP contribution >= 0.6 is 11.6 Å². The lowest BCUT2D eigenvalue weighted by atomic mass is 10.2. The van der Waals surface area contributed by atoms with E-state index in [4.69, 9.17) is 16.3 Å². The van der Waals surface area contributed by atoms with Crippen LogP contribution in [-0.4, -0.2) is 32.9 Å². The number of nitrogens with one attached hydrogen (secondary N) is 1. The maximum atomic E-state index is 11.3. The van der Waals surface area contributed by atoms with Crippen molar-refractivity contribution in [3.05, 3.63) is 17.2 Å². The van der Waals surface area contributed by atoms with Crippen LogP contribution in [0.2, 0.25) is 5.02 Å². The molecule has 3 N–H and O–H groups in total. The summed E-state index contributed by atoms with van der Waals surface area (Å²) in [7, 11) is 0. The van der Waals surface area contributed by atoms with E-state index in [2.05, 4.69) is 15.3 Å². The highest BCUT2D eigenvalue weighted by Crippen LogP contribution is 2.30. The summed E-state index contributed by atoms with van der Waals surface area (Å²) in [6, 6.07) is 2.89. The van der Waals surface area contributed by atoms with E-state index in [-0.39, 0.29) is 22.7 Å². The molecule has 1 amide bonds. The van der Waals surface area contributed by atoms with Crippen molar-refractivity contribution in [2.24, 2.45) is 0 Å². The second-order valence-electron chi connectivity index (χ2n) is 3.54. The first-order chi connectivity index (χ1) is 9.01.